The summed E-state index contributed by atoms with van der Waals surface area (Å²) in [5, 5.41) is 12.3. The molecule has 20 heavy (non-hydrogen) atoms. The number of hydrogen-bond donors (Lipinski definition) is 2. The van der Waals surface area contributed by atoms with Crippen LogP contribution in [0.5, 0.6) is 0 Å². The number of carbonyl (C=O) groups is 1. The van der Waals surface area contributed by atoms with E-state index in [9.17, 15) is 9.90 Å². The second-order valence-corrected chi connectivity index (χ2v) is 5.00. The van der Waals surface area contributed by atoms with Crippen molar-refractivity contribution in [3.05, 3.63) is 70.8 Å². The zero-order chi connectivity index (χ0) is 14.5. The van der Waals surface area contributed by atoms with Crippen molar-refractivity contribution in [2.24, 2.45) is 0 Å². The van der Waals surface area contributed by atoms with Crippen LogP contribution in [0, 0.1) is 13.8 Å². The summed E-state index contributed by atoms with van der Waals surface area (Å²) < 4.78 is 0. The molecule has 0 spiro atoms. The van der Waals surface area contributed by atoms with Gasteiger partial charge in [-0.05, 0) is 31.5 Å². The fraction of sp³-hybridized carbons (Fsp3) is 0.235. The normalized spacial score (nSPS) is 11.9. The molecular formula is C17H19NO2. The number of aliphatic hydroxyl groups is 1. The van der Waals surface area contributed by atoms with E-state index in [0.717, 1.165) is 16.7 Å². The minimum Gasteiger partial charge on any atom is -0.394 e. The first-order chi connectivity index (χ1) is 9.60. The van der Waals surface area contributed by atoms with E-state index in [1.807, 2.05) is 62.4 Å². The van der Waals surface area contributed by atoms with Crippen LogP contribution < -0.4 is 5.32 Å². The molecule has 0 aliphatic heterocycles. The monoisotopic (exact) mass is 269 g/mol. The number of aryl methyl sites for hydroxylation is 2. The van der Waals surface area contributed by atoms with Crippen molar-refractivity contribution in [1.82, 2.24) is 5.32 Å². The van der Waals surface area contributed by atoms with Crippen LogP contribution in [-0.2, 0) is 0 Å². The van der Waals surface area contributed by atoms with Gasteiger partial charge in [0.05, 0.1) is 12.6 Å². The second-order valence-electron chi connectivity index (χ2n) is 5.00. The Hall–Kier alpha value is -2.13. The lowest BCUT2D eigenvalue weighted by atomic mass is 10.0. The standard InChI is InChI=1S/C17H19NO2/c1-12-8-13(2)10-15(9-12)17(20)18-16(11-19)14-6-4-3-5-7-14/h3-10,16,19H,11H2,1-2H3,(H,18,20)/t16-/m1/s1. The zero-order valence-corrected chi connectivity index (χ0v) is 11.8. The van der Waals surface area contributed by atoms with Crippen LogP contribution in [0.25, 0.3) is 0 Å². The molecule has 2 aromatic carbocycles. The third-order valence-electron chi connectivity index (χ3n) is 3.17. The van der Waals surface area contributed by atoms with Crippen molar-refractivity contribution < 1.29 is 9.90 Å². The lowest BCUT2D eigenvalue weighted by Crippen LogP contribution is -2.30. The summed E-state index contributed by atoms with van der Waals surface area (Å²) in [4.78, 5) is 12.3. The molecule has 3 heteroatoms. The SMILES string of the molecule is Cc1cc(C)cc(C(=O)N[C@H](CO)c2ccccc2)c1. The van der Waals surface area contributed by atoms with Gasteiger partial charge in [-0.3, -0.25) is 4.79 Å². The quantitative estimate of drug-likeness (QED) is 0.896. The van der Waals surface area contributed by atoms with Gasteiger partial charge < -0.3 is 10.4 Å². The third kappa shape index (κ3) is 3.45. The summed E-state index contributed by atoms with van der Waals surface area (Å²) in [6.45, 7) is 3.80. The molecule has 1 amide bonds. The first-order valence-electron chi connectivity index (χ1n) is 6.65. The zero-order valence-electron chi connectivity index (χ0n) is 11.8. The summed E-state index contributed by atoms with van der Waals surface area (Å²) in [6, 6.07) is 14.8. The Kier molecular flexibility index (Phi) is 4.53. The number of carbonyl (C=O) groups excluding carboxylic acids is 1. The minimum absolute atomic E-state index is 0.124. The average Bonchev–Trinajstić information content (AvgIpc) is 2.44. The molecule has 0 unspecified atom stereocenters. The molecule has 2 aromatic rings. The van der Waals surface area contributed by atoms with E-state index in [-0.39, 0.29) is 18.6 Å². The minimum atomic E-state index is -0.385. The predicted molar refractivity (Wildman–Crippen MR) is 79.7 cm³/mol. The fourth-order valence-electron chi connectivity index (χ4n) is 2.27. The smallest absolute Gasteiger partial charge is 0.251 e. The van der Waals surface area contributed by atoms with Gasteiger partial charge in [0.25, 0.3) is 5.91 Å². The van der Waals surface area contributed by atoms with E-state index in [2.05, 4.69) is 5.32 Å². The van der Waals surface area contributed by atoms with E-state index in [0.29, 0.717) is 5.56 Å². The average molecular weight is 269 g/mol. The van der Waals surface area contributed by atoms with Crippen LogP contribution in [-0.4, -0.2) is 17.6 Å². The lowest BCUT2D eigenvalue weighted by molar-refractivity contribution is 0.0916. The van der Waals surface area contributed by atoms with Crippen molar-refractivity contribution in [3.8, 4) is 0 Å². The molecule has 0 bridgehead atoms. The van der Waals surface area contributed by atoms with Gasteiger partial charge in [-0.15, -0.1) is 0 Å². The van der Waals surface area contributed by atoms with Crippen LogP contribution >= 0.6 is 0 Å². The van der Waals surface area contributed by atoms with Gasteiger partial charge in [0.15, 0.2) is 0 Å². The molecule has 104 valence electrons. The van der Waals surface area contributed by atoms with Crippen molar-refractivity contribution in [3.63, 3.8) is 0 Å². The van der Waals surface area contributed by atoms with Crippen LogP contribution in [0.4, 0.5) is 0 Å². The van der Waals surface area contributed by atoms with Crippen molar-refractivity contribution >= 4 is 5.91 Å². The maximum absolute atomic E-state index is 12.3. The van der Waals surface area contributed by atoms with Crippen molar-refractivity contribution in [2.45, 2.75) is 19.9 Å². The Balaban J connectivity index is 2.17. The summed E-state index contributed by atoms with van der Waals surface area (Å²) in [5.41, 5.74) is 3.62. The van der Waals surface area contributed by atoms with E-state index in [1.54, 1.807) is 0 Å². The van der Waals surface area contributed by atoms with Gasteiger partial charge >= 0.3 is 0 Å². The molecule has 2 N–H and O–H groups in total. The number of rotatable bonds is 4. The Morgan fingerprint density at radius 3 is 2.25 bits per heavy atom. The molecule has 0 aliphatic carbocycles. The molecular weight excluding hydrogens is 250 g/mol. The maximum Gasteiger partial charge on any atom is 0.251 e. The van der Waals surface area contributed by atoms with Crippen LogP contribution in [0.1, 0.15) is 33.1 Å². The highest BCUT2D eigenvalue weighted by Crippen LogP contribution is 2.14. The highest BCUT2D eigenvalue weighted by molar-refractivity contribution is 5.94. The Labute approximate surface area is 119 Å². The van der Waals surface area contributed by atoms with E-state index >= 15 is 0 Å². The van der Waals surface area contributed by atoms with Gasteiger partial charge in [-0.25, -0.2) is 0 Å². The number of benzene rings is 2. The van der Waals surface area contributed by atoms with Crippen molar-refractivity contribution in [2.75, 3.05) is 6.61 Å². The number of aliphatic hydroxyl groups excluding tert-OH is 1. The molecule has 1 atom stereocenters. The number of hydrogen-bond acceptors (Lipinski definition) is 2. The Bertz CT molecular complexity index is 573. The van der Waals surface area contributed by atoms with Crippen LogP contribution in [0.2, 0.25) is 0 Å². The lowest BCUT2D eigenvalue weighted by Gasteiger charge is -2.17. The molecule has 0 aromatic heterocycles. The fourth-order valence-corrected chi connectivity index (χ4v) is 2.27. The molecule has 2 rings (SSSR count). The molecule has 0 saturated carbocycles. The van der Waals surface area contributed by atoms with Gasteiger partial charge in [0.1, 0.15) is 0 Å². The molecule has 3 nitrogen and oxygen atoms in total. The van der Waals surface area contributed by atoms with Crippen molar-refractivity contribution in [1.29, 1.82) is 0 Å². The predicted octanol–water partition coefficient (Wildman–Crippen LogP) is 2.77. The second kappa shape index (κ2) is 6.35. The largest absolute Gasteiger partial charge is 0.394 e. The summed E-state index contributed by atoms with van der Waals surface area (Å²) in [6.07, 6.45) is 0. The summed E-state index contributed by atoms with van der Waals surface area (Å²) in [7, 11) is 0. The highest BCUT2D eigenvalue weighted by atomic mass is 16.3. The Morgan fingerprint density at radius 1 is 1.10 bits per heavy atom. The Morgan fingerprint density at radius 2 is 1.70 bits per heavy atom. The molecule has 0 saturated heterocycles. The maximum atomic E-state index is 12.3. The molecule has 0 radical (unpaired) electrons. The first-order valence-corrected chi connectivity index (χ1v) is 6.65. The van der Waals surface area contributed by atoms with Gasteiger partial charge in [0.2, 0.25) is 0 Å². The molecule has 0 fully saturated rings. The third-order valence-corrected chi connectivity index (χ3v) is 3.17. The van der Waals surface area contributed by atoms with Gasteiger partial charge in [-0.2, -0.15) is 0 Å². The highest BCUT2D eigenvalue weighted by Gasteiger charge is 2.15. The van der Waals surface area contributed by atoms with E-state index in [4.69, 9.17) is 0 Å². The van der Waals surface area contributed by atoms with E-state index < -0.39 is 0 Å². The molecule has 0 aliphatic rings. The van der Waals surface area contributed by atoms with Gasteiger partial charge in [-0.1, -0.05) is 47.5 Å². The summed E-state index contributed by atoms with van der Waals surface area (Å²) >= 11 is 0. The topological polar surface area (TPSA) is 49.3 Å². The van der Waals surface area contributed by atoms with Gasteiger partial charge in [0, 0.05) is 5.56 Å². The molecule has 0 heterocycles. The van der Waals surface area contributed by atoms with Crippen LogP contribution in [0.3, 0.4) is 0 Å². The van der Waals surface area contributed by atoms with Crippen LogP contribution in [0.15, 0.2) is 48.5 Å². The number of amides is 1. The van der Waals surface area contributed by atoms with E-state index in [1.165, 1.54) is 0 Å². The first kappa shape index (κ1) is 14.3. The summed E-state index contributed by atoms with van der Waals surface area (Å²) in [5.74, 6) is -0.167. The number of nitrogens with one attached hydrogen (secondary N) is 1.